The highest BCUT2D eigenvalue weighted by molar-refractivity contribution is 6.00. The van der Waals surface area contributed by atoms with Crippen LogP contribution < -0.4 is 9.47 Å². The van der Waals surface area contributed by atoms with Gasteiger partial charge in [-0.05, 0) is 26.0 Å². The van der Waals surface area contributed by atoms with Crippen molar-refractivity contribution in [3.63, 3.8) is 0 Å². The molecule has 1 aromatic carbocycles. The summed E-state index contributed by atoms with van der Waals surface area (Å²) in [6.45, 7) is 3.01. The van der Waals surface area contributed by atoms with Gasteiger partial charge >= 0.3 is 6.18 Å². The van der Waals surface area contributed by atoms with Crippen LogP contribution in [0.25, 0.3) is 5.82 Å². The van der Waals surface area contributed by atoms with Gasteiger partial charge in [-0.15, -0.1) is 0 Å². The number of hydrogen-bond donors (Lipinski definition) is 0. The Balaban J connectivity index is 1.65. The van der Waals surface area contributed by atoms with Gasteiger partial charge in [-0.1, -0.05) is 0 Å². The van der Waals surface area contributed by atoms with Gasteiger partial charge < -0.3 is 18.9 Å². The molecule has 3 aromatic rings. The molecule has 0 saturated heterocycles. The molecule has 9 nitrogen and oxygen atoms in total. The molecule has 0 fully saturated rings. The molecular weight excluding hydrogens is 453 g/mol. The topological polar surface area (TPSA) is 98.2 Å². The molecule has 4 rings (SSSR count). The zero-order valence-corrected chi connectivity index (χ0v) is 18.8. The number of hydrogen-bond acceptors (Lipinski definition) is 6. The van der Waals surface area contributed by atoms with Crippen molar-refractivity contribution in [2.45, 2.75) is 39.2 Å². The van der Waals surface area contributed by atoms with Crippen LogP contribution in [-0.2, 0) is 20.1 Å². The molecular formula is C22H21F3N6O3. The molecule has 0 spiro atoms. The van der Waals surface area contributed by atoms with Gasteiger partial charge in [-0.3, -0.25) is 4.79 Å². The second-order valence-corrected chi connectivity index (χ2v) is 7.90. The van der Waals surface area contributed by atoms with E-state index in [-0.39, 0.29) is 35.7 Å². The van der Waals surface area contributed by atoms with Crippen LogP contribution in [0.1, 0.15) is 39.9 Å². The van der Waals surface area contributed by atoms with Crippen molar-refractivity contribution in [1.29, 1.82) is 5.26 Å². The Morgan fingerprint density at radius 2 is 2.00 bits per heavy atom. The number of nitriles is 1. The minimum Gasteiger partial charge on any atom is -0.494 e. The Kier molecular flexibility index (Phi) is 5.72. The van der Waals surface area contributed by atoms with Gasteiger partial charge in [0.1, 0.15) is 23.2 Å². The van der Waals surface area contributed by atoms with Crippen LogP contribution in [0.3, 0.4) is 0 Å². The molecule has 1 aliphatic rings. The van der Waals surface area contributed by atoms with Gasteiger partial charge in [0.25, 0.3) is 5.91 Å². The number of methoxy groups -OCH3 is 1. The van der Waals surface area contributed by atoms with Crippen molar-refractivity contribution in [3.8, 4) is 23.4 Å². The van der Waals surface area contributed by atoms with E-state index >= 15 is 0 Å². The molecule has 0 bridgehead atoms. The average Bonchev–Trinajstić information content (AvgIpc) is 3.45. The third kappa shape index (κ3) is 4.05. The van der Waals surface area contributed by atoms with Gasteiger partial charge in [0.15, 0.2) is 17.7 Å². The number of aromatic nitrogens is 4. The Morgan fingerprint density at radius 1 is 1.26 bits per heavy atom. The number of ether oxygens (including phenoxy) is 2. The second-order valence-electron chi connectivity index (χ2n) is 7.90. The largest absolute Gasteiger partial charge is 0.494 e. The van der Waals surface area contributed by atoms with Crippen molar-refractivity contribution >= 4 is 5.91 Å². The molecule has 0 unspecified atom stereocenters. The van der Waals surface area contributed by atoms with E-state index in [1.165, 1.54) is 24.1 Å². The van der Waals surface area contributed by atoms with Gasteiger partial charge in [0.2, 0.25) is 0 Å². The minimum absolute atomic E-state index is 0.00510. The lowest BCUT2D eigenvalue weighted by Crippen LogP contribution is -2.33. The SMILES string of the molecule is COc1c(C#N)ccc(O[C@@H](C)C(F)(F)F)c1C(=O)N1Cc2cn(-c3cn(C)c(C)n3)nc2C1. The van der Waals surface area contributed by atoms with Crippen LogP contribution >= 0.6 is 0 Å². The number of alkyl halides is 3. The predicted molar refractivity (Wildman–Crippen MR) is 112 cm³/mol. The van der Waals surface area contributed by atoms with Crippen LogP contribution in [0.2, 0.25) is 0 Å². The lowest BCUT2D eigenvalue weighted by Gasteiger charge is -2.23. The summed E-state index contributed by atoms with van der Waals surface area (Å²) in [5.74, 6) is 0.360. The number of nitrogens with zero attached hydrogens (tertiary/aromatic N) is 6. The maximum atomic E-state index is 13.4. The summed E-state index contributed by atoms with van der Waals surface area (Å²) in [7, 11) is 3.10. The number of benzene rings is 1. The van der Waals surface area contributed by atoms with E-state index in [2.05, 4.69) is 10.1 Å². The number of aryl methyl sites for hydroxylation is 2. The normalized spacial score (nSPS) is 14.0. The zero-order chi connectivity index (χ0) is 24.8. The number of rotatable bonds is 5. The summed E-state index contributed by atoms with van der Waals surface area (Å²) in [5.41, 5.74) is 1.18. The van der Waals surface area contributed by atoms with Gasteiger partial charge in [-0.2, -0.15) is 23.5 Å². The molecule has 3 heterocycles. The highest BCUT2D eigenvalue weighted by atomic mass is 19.4. The lowest BCUT2D eigenvalue weighted by molar-refractivity contribution is -0.189. The fourth-order valence-electron chi connectivity index (χ4n) is 3.65. The van der Waals surface area contributed by atoms with Crippen molar-refractivity contribution < 1.29 is 27.4 Å². The smallest absolute Gasteiger partial charge is 0.425 e. The van der Waals surface area contributed by atoms with E-state index in [4.69, 9.17) is 9.47 Å². The van der Waals surface area contributed by atoms with Gasteiger partial charge in [-0.25, -0.2) is 9.67 Å². The number of carbonyl (C=O) groups is 1. The van der Waals surface area contributed by atoms with Crippen molar-refractivity contribution in [3.05, 3.63) is 52.7 Å². The summed E-state index contributed by atoms with van der Waals surface area (Å²) in [5, 5.41) is 13.9. The molecule has 1 atom stereocenters. The summed E-state index contributed by atoms with van der Waals surface area (Å²) in [4.78, 5) is 19.3. The van der Waals surface area contributed by atoms with Crippen molar-refractivity contribution in [1.82, 2.24) is 24.2 Å². The van der Waals surface area contributed by atoms with E-state index in [1.54, 1.807) is 10.9 Å². The maximum Gasteiger partial charge on any atom is 0.425 e. The van der Waals surface area contributed by atoms with Gasteiger partial charge in [0.05, 0.1) is 24.9 Å². The van der Waals surface area contributed by atoms with Crippen LogP contribution in [0, 0.1) is 18.3 Å². The Bertz CT molecular complexity index is 1260. The molecule has 0 radical (unpaired) electrons. The fraction of sp³-hybridized carbons (Fsp3) is 0.364. The highest BCUT2D eigenvalue weighted by Gasteiger charge is 2.40. The highest BCUT2D eigenvalue weighted by Crippen LogP contribution is 2.37. The molecule has 2 aromatic heterocycles. The van der Waals surface area contributed by atoms with E-state index in [0.717, 1.165) is 18.3 Å². The van der Waals surface area contributed by atoms with E-state index in [0.29, 0.717) is 11.5 Å². The first-order valence-corrected chi connectivity index (χ1v) is 10.2. The molecule has 0 aliphatic carbocycles. The summed E-state index contributed by atoms with van der Waals surface area (Å²) in [6.07, 6.45) is -3.23. The van der Waals surface area contributed by atoms with E-state index < -0.39 is 18.2 Å². The molecule has 1 amide bonds. The third-order valence-corrected chi connectivity index (χ3v) is 5.62. The lowest BCUT2D eigenvalue weighted by atomic mass is 10.1. The van der Waals surface area contributed by atoms with Crippen molar-refractivity contribution in [2.75, 3.05) is 7.11 Å². The zero-order valence-electron chi connectivity index (χ0n) is 18.8. The average molecular weight is 474 g/mol. The summed E-state index contributed by atoms with van der Waals surface area (Å²) < 4.78 is 53.2. The molecule has 1 aliphatic heterocycles. The predicted octanol–water partition coefficient (Wildman–Crippen LogP) is 3.28. The molecule has 34 heavy (non-hydrogen) atoms. The summed E-state index contributed by atoms with van der Waals surface area (Å²) >= 11 is 0. The Hall–Kier alpha value is -4.01. The minimum atomic E-state index is -4.64. The first-order valence-electron chi connectivity index (χ1n) is 10.2. The third-order valence-electron chi connectivity index (χ3n) is 5.62. The van der Waals surface area contributed by atoms with E-state index in [9.17, 15) is 23.2 Å². The number of halogens is 3. The maximum absolute atomic E-state index is 13.4. The molecule has 12 heteroatoms. The quantitative estimate of drug-likeness (QED) is 0.563. The van der Waals surface area contributed by atoms with Crippen LogP contribution in [-0.4, -0.2) is 49.5 Å². The number of imidazole rings is 1. The van der Waals surface area contributed by atoms with Gasteiger partial charge in [0, 0.05) is 31.5 Å². The second kappa shape index (κ2) is 8.40. The monoisotopic (exact) mass is 474 g/mol. The first kappa shape index (κ1) is 23.2. The van der Waals surface area contributed by atoms with E-state index in [1.807, 2.05) is 30.8 Å². The molecule has 0 saturated carbocycles. The number of fused-ring (bicyclic) bond motifs is 1. The Labute approximate surface area is 192 Å². The fourth-order valence-corrected chi connectivity index (χ4v) is 3.65. The van der Waals surface area contributed by atoms with Crippen LogP contribution in [0.5, 0.6) is 11.5 Å². The van der Waals surface area contributed by atoms with Crippen LogP contribution in [0.4, 0.5) is 13.2 Å². The molecule has 0 N–H and O–H groups in total. The van der Waals surface area contributed by atoms with Crippen molar-refractivity contribution in [2.24, 2.45) is 7.05 Å². The standard InChI is InChI=1S/C22H21F3N6O3/c1-12(22(23,24)25)34-17-6-5-14(7-26)20(33-4)19(17)21(32)30-8-15-9-31(28-16(15)10-30)18-11-29(3)13(2)27-18/h5-6,9,11-12H,8,10H2,1-4H3/t12-/m0/s1. The number of carbonyl (C=O) groups excluding carboxylic acids is 1. The first-order chi connectivity index (χ1) is 16.0. The van der Waals surface area contributed by atoms with Crippen LogP contribution in [0.15, 0.2) is 24.5 Å². The Morgan fingerprint density at radius 3 is 2.56 bits per heavy atom. The summed E-state index contributed by atoms with van der Waals surface area (Å²) in [6, 6.07) is 4.32. The number of amides is 1. The molecule has 178 valence electrons.